The van der Waals surface area contributed by atoms with E-state index in [1.807, 2.05) is 51.1 Å². The number of rotatable bonds is 13. The zero-order chi connectivity index (χ0) is 28.5. The second-order valence-electron chi connectivity index (χ2n) is 11.3. The van der Waals surface area contributed by atoms with Crippen molar-refractivity contribution in [2.24, 2.45) is 16.9 Å². The van der Waals surface area contributed by atoms with Gasteiger partial charge in [0.1, 0.15) is 6.04 Å². The molecule has 4 amide bonds. The highest BCUT2D eigenvalue weighted by atomic mass is 16.2. The van der Waals surface area contributed by atoms with Crippen LogP contribution in [0, 0.1) is 5.41 Å². The van der Waals surface area contributed by atoms with E-state index in [2.05, 4.69) is 10.6 Å². The molecule has 0 bridgehead atoms. The lowest BCUT2D eigenvalue weighted by molar-refractivity contribution is -0.142. The van der Waals surface area contributed by atoms with Crippen molar-refractivity contribution in [1.29, 1.82) is 0 Å². The molecule has 2 rings (SSSR count). The van der Waals surface area contributed by atoms with E-state index in [1.165, 1.54) is 0 Å². The number of likely N-dealkylation sites (tertiary alicyclic amines) is 1. The molecule has 0 saturated carbocycles. The summed E-state index contributed by atoms with van der Waals surface area (Å²) in [5, 5.41) is 5.85. The number of nitrogens with one attached hydrogen (secondary N) is 2. The number of carbonyl (C=O) groups is 4. The molecule has 0 radical (unpaired) electrons. The fourth-order valence-corrected chi connectivity index (χ4v) is 4.64. The molecular weight excluding hydrogens is 484 g/mol. The molecule has 6 N–H and O–H groups in total. The molecule has 1 aliphatic heterocycles. The Morgan fingerprint density at radius 1 is 1.16 bits per heavy atom. The minimum absolute atomic E-state index is 0.0332. The molecule has 38 heavy (non-hydrogen) atoms. The molecule has 4 atom stereocenters. The summed E-state index contributed by atoms with van der Waals surface area (Å²) in [4.78, 5) is 54.6. The number of hydrogen-bond donors (Lipinski definition) is 4. The Hall–Kier alpha value is -2.98. The van der Waals surface area contributed by atoms with Crippen LogP contribution in [0.3, 0.4) is 0 Å². The van der Waals surface area contributed by atoms with Crippen molar-refractivity contribution in [2.45, 2.75) is 84.0 Å². The second kappa shape index (κ2) is 14.2. The van der Waals surface area contributed by atoms with E-state index >= 15 is 0 Å². The third-order valence-electron chi connectivity index (χ3n) is 7.16. The first kappa shape index (κ1) is 31.2. The van der Waals surface area contributed by atoms with Crippen LogP contribution in [0.5, 0.6) is 0 Å². The molecule has 1 fully saturated rings. The van der Waals surface area contributed by atoms with Crippen molar-refractivity contribution in [3.05, 3.63) is 35.9 Å². The van der Waals surface area contributed by atoms with E-state index in [0.29, 0.717) is 26.1 Å². The van der Waals surface area contributed by atoms with Gasteiger partial charge in [0.05, 0.1) is 12.1 Å². The highest BCUT2D eigenvalue weighted by Gasteiger charge is 2.41. The van der Waals surface area contributed by atoms with E-state index in [9.17, 15) is 19.2 Å². The lowest BCUT2D eigenvalue weighted by Gasteiger charge is -2.38. The van der Waals surface area contributed by atoms with Gasteiger partial charge in [0.25, 0.3) is 0 Å². The molecule has 10 nitrogen and oxygen atoms in total. The number of likely N-dealkylation sites (N-methyl/N-ethyl adjacent to an activating group) is 1. The zero-order valence-electron chi connectivity index (χ0n) is 23.5. The van der Waals surface area contributed by atoms with Crippen LogP contribution in [0.1, 0.15) is 58.9 Å². The fraction of sp³-hybridized carbons (Fsp3) is 0.643. The van der Waals surface area contributed by atoms with Gasteiger partial charge in [-0.3, -0.25) is 19.2 Å². The number of primary amides is 1. The van der Waals surface area contributed by atoms with Gasteiger partial charge in [-0.15, -0.1) is 0 Å². The average Bonchev–Trinajstić information content (AvgIpc) is 3.34. The van der Waals surface area contributed by atoms with Gasteiger partial charge in [0.15, 0.2) is 0 Å². The lowest BCUT2D eigenvalue weighted by Crippen LogP contribution is -2.59. The Kier molecular flexibility index (Phi) is 11.7. The summed E-state index contributed by atoms with van der Waals surface area (Å²) >= 11 is 0. The van der Waals surface area contributed by atoms with E-state index in [4.69, 9.17) is 11.5 Å². The van der Waals surface area contributed by atoms with Gasteiger partial charge in [-0.2, -0.15) is 0 Å². The predicted octanol–water partition coefficient (Wildman–Crippen LogP) is 0.780. The summed E-state index contributed by atoms with van der Waals surface area (Å²) in [7, 11) is 1.70. The van der Waals surface area contributed by atoms with Gasteiger partial charge in [0, 0.05) is 32.1 Å². The quantitative estimate of drug-likeness (QED) is 0.296. The molecule has 1 heterocycles. The Labute approximate surface area is 226 Å². The number of nitrogens with zero attached hydrogens (tertiary/aromatic N) is 2. The van der Waals surface area contributed by atoms with Crippen LogP contribution in [0.25, 0.3) is 0 Å². The Balaban J connectivity index is 2.22. The third kappa shape index (κ3) is 9.09. The molecule has 212 valence electrons. The number of benzene rings is 1. The Bertz CT molecular complexity index is 948. The van der Waals surface area contributed by atoms with E-state index in [0.717, 1.165) is 18.4 Å². The van der Waals surface area contributed by atoms with Crippen molar-refractivity contribution >= 4 is 23.6 Å². The van der Waals surface area contributed by atoms with Crippen LogP contribution < -0.4 is 22.1 Å². The van der Waals surface area contributed by atoms with Crippen LogP contribution in [-0.2, 0) is 25.6 Å². The summed E-state index contributed by atoms with van der Waals surface area (Å²) < 4.78 is 0. The van der Waals surface area contributed by atoms with E-state index in [-0.39, 0.29) is 36.6 Å². The van der Waals surface area contributed by atoms with Gasteiger partial charge < -0.3 is 31.9 Å². The molecule has 1 aromatic rings. The standard InChI is InChI=1S/C28H46N6O4/c1-19(31-5)25(36)32-24(28(2,3)4)27(38)34-16-9-12-21(34)18-33(17-15-20-10-7-6-8-11-20)26(37)22(29)13-14-23(30)35/h6-8,10-11,19,21-22,24,31H,9,12-18,29H2,1-5H3,(H2,30,35)(H,32,36)/t19-,21-,22?,24+/m0/s1. The lowest BCUT2D eigenvalue weighted by atomic mass is 9.85. The van der Waals surface area contributed by atoms with Crippen molar-refractivity contribution in [1.82, 2.24) is 20.4 Å². The number of hydrogen-bond acceptors (Lipinski definition) is 6. The van der Waals surface area contributed by atoms with Crippen LogP contribution >= 0.6 is 0 Å². The van der Waals surface area contributed by atoms with Crippen LogP contribution in [0.4, 0.5) is 0 Å². The van der Waals surface area contributed by atoms with E-state index < -0.39 is 29.4 Å². The summed E-state index contributed by atoms with van der Waals surface area (Å²) in [5.41, 5.74) is 12.0. The maximum Gasteiger partial charge on any atom is 0.246 e. The SMILES string of the molecule is CN[C@@H](C)C(=O)N[C@H](C(=O)N1CCC[C@H]1CN(CCc1ccccc1)C(=O)C(N)CCC(N)=O)C(C)(C)C. The van der Waals surface area contributed by atoms with Gasteiger partial charge in [-0.25, -0.2) is 0 Å². The van der Waals surface area contributed by atoms with Crippen molar-refractivity contribution in [3.63, 3.8) is 0 Å². The molecule has 1 saturated heterocycles. The van der Waals surface area contributed by atoms with Gasteiger partial charge >= 0.3 is 0 Å². The minimum Gasteiger partial charge on any atom is -0.370 e. The number of carbonyl (C=O) groups excluding carboxylic acids is 4. The Morgan fingerprint density at radius 3 is 2.39 bits per heavy atom. The van der Waals surface area contributed by atoms with E-state index in [1.54, 1.807) is 23.8 Å². The third-order valence-corrected chi connectivity index (χ3v) is 7.16. The highest BCUT2D eigenvalue weighted by Crippen LogP contribution is 2.26. The predicted molar refractivity (Wildman–Crippen MR) is 148 cm³/mol. The van der Waals surface area contributed by atoms with Crippen LogP contribution in [0.15, 0.2) is 30.3 Å². The first-order valence-corrected chi connectivity index (χ1v) is 13.5. The smallest absolute Gasteiger partial charge is 0.246 e. The molecule has 1 unspecified atom stereocenters. The van der Waals surface area contributed by atoms with Gasteiger partial charge in [-0.1, -0.05) is 51.1 Å². The highest BCUT2D eigenvalue weighted by molar-refractivity contribution is 5.90. The zero-order valence-corrected chi connectivity index (χ0v) is 23.5. The molecule has 0 spiro atoms. The second-order valence-corrected chi connectivity index (χ2v) is 11.3. The van der Waals surface area contributed by atoms with Gasteiger partial charge in [-0.05, 0) is 50.6 Å². The first-order valence-electron chi connectivity index (χ1n) is 13.5. The first-order chi connectivity index (χ1) is 17.8. The minimum atomic E-state index is -0.853. The number of nitrogens with two attached hydrogens (primary N) is 2. The van der Waals surface area contributed by atoms with Crippen molar-refractivity contribution < 1.29 is 19.2 Å². The summed E-state index contributed by atoms with van der Waals surface area (Å²) in [5.74, 6) is -1.15. The maximum absolute atomic E-state index is 13.8. The molecule has 1 aromatic carbocycles. The summed E-state index contributed by atoms with van der Waals surface area (Å²) in [6, 6.07) is 7.65. The van der Waals surface area contributed by atoms with Crippen LogP contribution in [0.2, 0.25) is 0 Å². The molecule has 0 aliphatic carbocycles. The molecule has 1 aliphatic rings. The maximum atomic E-state index is 13.8. The van der Waals surface area contributed by atoms with Crippen molar-refractivity contribution in [3.8, 4) is 0 Å². The topological polar surface area (TPSA) is 151 Å². The number of amides is 4. The Morgan fingerprint density at radius 2 is 1.82 bits per heavy atom. The van der Waals surface area contributed by atoms with Crippen molar-refractivity contribution in [2.75, 3.05) is 26.7 Å². The largest absolute Gasteiger partial charge is 0.370 e. The molecular formula is C28H46N6O4. The normalized spacial score (nSPS) is 17.9. The van der Waals surface area contributed by atoms with Crippen LogP contribution in [-0.4, -0.2) is 84.3 Å². The summed E-state index contributed by atoms with van der Waals surface area (Å²) in [6.07, 6.45) is 2.40. The summed E-state index contributed by atoms with van der Waals surface area (Å²) in [6.45, 7) is 8.86. The fourth-order valence-electron chi connectivity index (χ4n) is 4.64. The van der Waals surface area contributed by atoms with Gasteiger partial charge in [0.2, 0.25) is 23.6 Å². The average molecular weight is 531 g/mol. The monoisotopic (exact) mass is 530 g/mol. The molecule has 10 heteroatoms. The molecule has 0 aromatic heterocycles.